The molecule has 0 spiro atoms. The van der Waals surface area contributed by atoms with Crippen LogP contribution in [0.2, 0.25) is 0 Å². The second-order valence-electron chi connectivity index (χ2n) is 3.10. The van der Waals surface area contributed by atoms with E-state index in [1.807, 2.05) is 18.2 Å². The summed E-state index contributed by atoms with van der Waals surface area (Å²) in [6.07, 6.45) is 1.47. The largest absolute Gasteiger partial charge is 0.495 e. The van der Waals surface area contributed by atoms with E-state index in [2.05, 4.69) is 6.07 Å². The van der Waals surface area contributed by atoms with Crippen molar-refractivity contribution in [1.82, 2.24) is 0 Å². The van der Waals surface area contributed by atoms with Gasteiger partial charge in [0.1, 0.15) is 11.5 Å². The molecular weight excluding hydrogens is 222 g/mol. The Hall–Kier alpha value is -1.34. The minimum absolute atomic E-state index is 0.588. The number of unbranched alkanes of at least 4 members (excludes halogenated alkanes) is 1. The Morgan fingerprint density at radius 1 is 1.25 bits per heavy atom. The molecule has 1 aromatic rings. The van der Waals surface area contributed by atoms with Crippen LogP contribution in [0.1, 0.15) is 12.8 Å². The second-order valence-corrected chi connectivity index (χ2v) is 4.21. The van der Waals surface area contributed by atoms with Crippen molar-refractivity contribution in [2.45, 2.75) is 17.7 Å². The molecule has 0 atom stereocenters. The highest BCUT2D eigenvalue weighted by atomic mass is 32.2. The fourth-order valence-corrected chi connectivity index (χ4v) is 2.36. The number of rotatable bonds is 6. The van der Waals surface area contributed by atoms with Gasteiger partial charge in [-0.3, -0.25) is 0 Å². The van der Waals surface area contributed by atoms with Crippen molar-refractivity contribution in [3.8, 4) is 17.6 Å². The molecule has 4 heteroatoms. The molecule has 0 radical (unpaired) electrons. The first kappa shape index (κ1) is 12.7. The fraction of sp³-hybridized carbons (Fsp3) is 0.417. The van der Waals surface area contributed by atoms with Crippen molar-refractivity contribution in [2.75, 3.05) is 20.0 Å². The van der Waals surface area contributed by atoms with Gasteiger partial charge in [0.05, 0.1) is 25.2 Å². The van der Waals surface area contributed by atoms with Gasteiger partial charge in [-0.2, -0.15) is 5.26 Å². The molecule has 0 amide bonds. The molecular formula is C12H15NO2S. The van der Waals surface area contributed by atoms with Gasteiger partial charge in [-0.25, -0.2) is 0 Å². The van der Waals surface area contributed by atoms with E-state index in [1.165, 1.54) is 0 Å². The van der Waals surface area contributed by atoms with E-state index in [-0.39, 0.29) is 0 Å². The van der Waals surface area contributed by atoms with Crippen LogP contribution < -0.4 is 9.47 Å². The summed E-state index contributed by atoms with van der Waals surface area (Å²) in [6.45, 7) is 0. The van der Waals surface area contributed by atoms with E-state index in [0.717, 1.165) is 28.6 Å². The predicted octanol–water partition coefficient (Wildman–Crippen LogP) is 3.10. The van der Waals surface area contributed by atoms with Crippen LogP contribution in [0.4, 0.5) is 0 Å². The Morgan fingerprint density at radius 3 is 2.38 bits per heavy atom. The van der Waals surface area contributed by atoms with Crippen LogP contribution in [0.5, 0.6) is 11.5 Å². The Labute approximate surface area is 100 Å². The minimum Gasteiger partial charge on any atom is -0.495 e. The Kier molecular flexibility index (Phi) is 5.58. The highest BCUT2D eigenvalue weighted by molar-refractivity contribution is 7.99. The van der Waals surface area contributed by atoms with Gasteiger partial charge in [-0.1, -0.05) is 6.07 Å². The lowest BCUT2D eigenvalue weighted by Crippen LogP contribution is -1.92. The molecule has 16 heavy (non-hydrogen) atoms. The summed E-state index contributed by atoms with van der Waals surface area (Å²) in [5, 5.41) is 8.46. The van der Waals surface area contributed by atoms with Crippen LogP contribution in [-0.2, 0) is 0 Å². The summed E-state index contributed by atoms with van der Waals surface area (Å²) in [5.41, 5.74) is 0. The van der Waals surface area contributed by atoms with Crippen LogP contribution in [0.25, 0.3) is 0 Å². The number of nitrogens with zero attached hydrogens (tertiary/aromatic N) is 1. The molecule has 1 rings (SSSR count). The van der Waals surface area contributed by atoms with Gasteiger partial charge in [0, 0.05) is 6.42 Å². The zero-order valence-corrected chi connectivity index (χ0v) is 10.3. The fourth-order valence-electron chi connectivity index (χ4n) is 1.28. The predicted molar refractivity (Wildman–Crippen MR) is 65.1 cm³/mol. The molecule has 0 saturated carbocycles. The molecule has 0 N–H and O–H groups in total. The van der Waals surface area contributed by atoms with Crippen LogP contribution in [0.3, 0.4) is 0 Å². The lowest BCUT2D eigenvalue weighted by atomic mass is 10.3. The topological polar surface area (TPSA) is 42.2 Å². The van der Waals surface area contributed by atoms with Crippen molar-refractivity contribution in [3.63, 3.8) is 0 Å². The smallest absolute Gasteiger partial charge is 0.136 e. The quantitative estimate of drug-likeness (QED) is 0.563. The van der Waals surface area contributed by atoms with E-state index in [0.29, 0.717) is 6.42 Å². The van der Waals surface area contributed by atoms with Crippen LogP contribution in [-0.4, -0.2) is 20.0 Å². The molecule has 0 aliphatic carbocycles. The maximum absolute atomic E-state index is 8.46. The zero-order chi connectivity index (χ0) is 11.8. The van der Waals surface area contributed by atoms with Gasteiger partial charge in [0.25, 0.3) is 0 Å². The Morgan fingerprint density at radius 2 is 1.88 bits per heavy atom. The Bertz CT molecular complexity index is 352. The highest BCUT2D eigenvalue weighted by Crippen LogP contribution is 2.37. The molecule has 0 aliphatic heterocycles. The van der Waals surface area contributed by atoms with Gasteiger partial charge in [-0.15, -0.1) is 11.8 Å². The third-order valence-corrected chi connectivity index (χ3v) is 3.25. The second kappa shape index (κ2) is 7.02. The Balaban J connectivity index is 2.71. The third kappa shape index (κ3) is 3.35. The number of benzene rings is 1. The highest BCUT2D eigenvalue weighted by Gasteiger charge is 2.09. The molecule has 86 valence electrons. The van der Waals surface area contributed by atoms with Gasteiger partial charge < -0.3 is 9.47 Å². The summed E-state index contributed by atoms with van der Waals surface area (Å²) in [5.74, 6) is 2.53. The van der Waals surface area contributed by atoms with Crippen LogP contribution in [0.15, 0.2) is 23.1 Å². The summed E-state index contributed by atoms with van der Waals surface area (Å²) >= 11 is 1.66. The molecule has 1 aromatic carbocycles. The molecule has 0 aliphatic rings. The number of thioether (sulfide) groups is 1. The van der Waals surface area contributed by atoms with Crippen LogP contribution in [0, 0.1) is 11.3 Å². The first-order valence-electron chi connectivity index (χ1n) is 5.04. The summed E-state index contributed by atoms with van der Waals surface area (Å²) in [6, 6.07) is 7.86. The monoisotopic (exact) mass is 237 g/mol. The van der Waals surface area contributed by atoms with Crippen LogP contribution >= 0.6 is 11.8 Å². The van der Waals surface area contributed by atoms with E-state index in [1.54, 1.807) is 26.0 Å². The lowest BCUT2D eigenvalue weighted by molar-refractivity contribution is 0.376. The van der Waals surface area contributed by atoms with E-state index < -0.39 is 0 Å². The van der Waals surface area contributed by atoms with Gasteiger partial charge >= 0.3 is 0 Å². The molecule has 0 unspecified atom stereocenters. The molecule has 3 nitrogen and oxygen atoms in total. The standard InChI is InChI=1S/C12H15NO2S/c1-14-10-6-5-7-11(15-2)12(10)16-9-4-3-8-13/h5-7H,3-4,9H2,1-2H3. The van der Waals surface area contributed by atoms with Gasteiger partial charge in [-0.05, 0) is 24.3 Å². The van der Waals surface area contributed by atoms with Gasteiger partial charge in [0.15, 0.2) is 0 Å². The first-order valence-corrected chi connectivity index (χ1v) is 6.02. The zero-order valence-electron chi connectivity index (χ0n) is 9.53. The first-order chi connectivity index (χ1) is 7.83. The number of methoxy groups -OCH3 is 2. The van der Waals surface area contributed by atoms with E-state index >= 15 is 0 Å². The van der Waals surface area contributed by atoms with Gasteiger partial charge in [0.2, 0.25) is 0 Å². The summed E-state index contributed by atoms with van der Waals surface area (Å²) in [4.78, 5) is 1.01. The average molecular weight is 237 g/mol. The molecule has 0 bridgehead atoms. The van der Waals surface area contributed by atoms with Crippen molar-refractivity contribution in [1.29, 1.82) is 5.26 Å². The number of hydrogen-bond donors (Lipinski definition) is 0. The summed E-state index contributed by atoms with van der Waals surface area (Å²) in [7, 11) is 3.29. The molecule has 0 heterocycles. The number of nitriles is 1. The van der Waals surface area contributed by atoms with E-state index in [9.17, 15) is 0 Å². The van der Waals surface area contributed by atoms with E-state index in [4.69, 9.17) is 14.7 Å². The van der Waals surface area contributed by atoms with Crippen molar-refractivity contribution < 1.29 is 9.47 Å². The van der Waals surface area contributed by atoms with Crippen molar-refractivity contribution in [2.24, 2.45) is 0 Å². The maximum Gasteiger partial charge on any atom is 0.136 e. The van der Waals surface area contributed by atoms with Crippen molar-refractivity contribution >= 4 is 11.8 Å². The van der Waals surface area contributed by atoms with Crippen molar-refractivity contribution in [3.05, 3.63) is 18.2 Å². The molecule has 0 saturated heterocycles. The minimum atomic E-state index is 0.588. The lowest BCUT2D eigenvalue weighted by Gasteiger charge is -2.11. The third-order valence-electron chi connectivity index (χ3n) is 2.06. The SMILES string of the molecule is COc1cccc(OC)c1SCCCC#N. The molecule has 0 aromatic heterocycles. The maximum atomic E-state index is 8.46. The average Bonchev–Trinajstić information content (AvgIpc) is 2.34. The summed E-state index contributed by atoms with van der Waals surface area (Å²) < 4.78 is 10.6. The number of hydrogen-bond acceptors (Lipinski definition) is 4. The number of ether oxygens (including phenoxy) is 2. The normalized spacial score (nSPS) is 9.56. The molecule has 0 fully saturated rings.